The molecule has 0 saturated carbocycles. The van der Waals surface area contributed by atoms with E-state index in [1.54, 1.807) is 28.8 Å². The van der Waals surface area contributed by atoms with Crippen molar-refractivity contribution in [3.63, 3.8) is 0 Å². The van der Waals surface area contributed by atoms with E-state index in [4.69, 9.17) is 10.5 Å². The Balaban J connectivity index is 1.91. The molecule has 0 unspecified atom stereocenters. The van der Waals surface area contributed by atoms with E-state index in [-0.39, 0.29) is 17.4 Å². The van der Waals surface area contributed by atoms with Gasteiger partial charge in [0.2, 0.25) is 5.91 Å². The zero-order valence-corrected chi connectivity index (χ0v) is 14.3. The van der Waals surface area contributed by atoms with Crippen molar-refractivity contribution in [1.29, 1.82) is 0 Å². The van der Waals surface area contributed by atoms with Crippen LogP contribution < -0.4 is 16.6 Å². The molecule has 3 N–H and O–H groups in total. The Morgan fingerprint density at radius 1 is 1.40 bits per heavy atom. The lowest BCUT2D eigenvalue weighted by atomic mass is 10.2. The van der Waals surface area contributed by atoms with Gasteiger partial charge in [0.25, 0.3) is 5.56 Å². The number of urea groups is 1. The van der Waals surface area contributed by atoms with Crippen LogP contribution in [0.1, 0.15) is 12.8 Å². The fourth-order valence-corrected chi connectivity index (χ4v) is 3.52. The van der Waals surface area contributed by atoms with Gasteiger partial charge in [-0.15, -0.1) is 0 Å². The standard InChI is InChI=1S/C16H18N4O4S/c17-15(23)19-13(21)9-25-16-18-12-6-2-1-5-11(12)14(22)20(16)8-10-4-3-7-24-10/h1-2,5-6,10H,3-4,7-9H2,(H3,17,19,21,23)/t10-/m0/s1. The molecule has 3 amide bonds. The normalized spacial score (nSPS) is 16.9. The van der Waals surface area contributed by atoms with Gasteiger partial charge in [-0.1, -0.05) is 23.9 Å². The largest absolute Gasteiger partial charge is 0.376 e. The highest BCUT2D eigenvalue weighted by molar-refractivity contribution is 7.99. The Morgan fingerprint density at radius 3 is 2.92 bits per heavy atom. The highest BCUT2D eigenvalue weighted by Crippen LogP contribution is 2.20. The zero-order chi connectivity index (χ0) is 17.8. The minimum absolute atomic E-state index is 0.0422. The topological polar surface area (TPSA) is 116 Å². The fourth-order valence-electron chi connectivity index (χ4n) is 2.71. The SMILES string of the molecule is NC(=O)NC(=O)CSc1nc2ccccc2c(=O)n1C[C@@H]1CCCO1. The van der Waals surface area contributed by atoms with E-state index in [9.17, 15) is 14.4 Å². The van der Waals surface area contributed by atoms with E-state index >= 15 is 0 Å². The van der Waals surface area contributed by atoms with Crippen molar-refractivity contribution in [2.75, 3.05) is 12.4 Å². The van der Waals surface area contributed by atoms with Gasteiger partial charge in [-0.25, -0.2) is 9.78 Å². The molecule has 0 bridgehead atoms. The van der Waals surface area contributed by atoms with Crippen molar-refractivity contribution < 1.29 is 14.3 Å². The number of nitrogens with zero attached hydrogens (tertiary/aromatic N) is 2. The fraction of sp³-hybridized carbons (Fsp3) is 0.375. The van der Waals surface area contributed by atoms with Gasteiger partial charge in [-0.2, -0.15) is 0 Å². The summed E-state index contributed by atoms with van der Waals surface area (Å²) in [6.07, 6.45) is 1.80. The number of rotatable bonds is 5. The summed E-state index contributed by atoms with van der Waals surface area (Å²) in [6, 6.07) is 6.15. The van der Waals surface area contributed by atoms with Crippen LogP contribution in [0, 0.1) is 0 Å². The molecule has 1 aromatic heterocycles. The third-order valence-corrected chi connectivity index (χ3v) is 4.81. The van der Waals surface area contributed by atoms with Gasteiger partial charge in [0, 0.05) is 6.61 Å². The molecule has 2 aromatic rings. The monoisotopic (exact) mass is 362 g/mol. The number of ether oxygens (including phenoxy) is 1. The number of imide groups is 1. The Hall–Kier alpha value is -2.39. The van der Waals surface area contributed by atoms with E-state index in [2.05, 4.69) is 4.98 Å². The molecule has 132 valence electrons. The number of fused-ring (bicyclic) bond motifs is 1. The van der Waals surface area contributed by atoms with E-state index in [1.165, 1.54) is 0 Å². The van der Waals surface area contributed by atoms with Crippen LogP contribution in [-0.4, -0.2) is 40.0 Å². The number of aromatic nitrogens is 2. The van der Waals surface area contributed by atoms with Gasteiger partial charge in [-0.05, 0) is 25.0 Å². The second kappa shape index (κ2) is 7.66. The molecule has 1 aliphatic heterocycles. The first-order chi connectivity index (χ1) is 12.0. The van der Waals surface area contributed by atoms with Crippen LogP contribution in [-0.2, 0) is 16.1 Å². The summed E-state index contributed by atoms with van der Waals surface area (Å²) in [7, 11) is 0. The van der Waals surface area contributed by atoms with Gasteiger partial charge >= 0.3 is 6.03 Å². The molecule has 3 rings (SSSR count). The molecule has 1 aromatic carbocycles. The van der Waals surface area contributed by atoms with E-state index < -0.39 is 11.9 Å². The molecule has 8 nitrogen and oxygen atoms in total. The second-order valence-electron chi connectivity index (χ2n) is 5.66. The van der Waals surface area contributed by atoms with Gasteiger partial charge in [0.15, 0.2) is 5.16 Å². The number of benzene rings is 1. The third-order valence-electron chi connectivity index (χ3n) is 3.83. The van der Waals surface area contributed by atoms with Gasteiger partial charge in [0.1, 0.15) is 0 Å². The lowest BCUT2D eigenvalue weighted by Crippen LogP contribution is -2.36. The molecular formula is C16H18N4O4S. The first-order valence-electron chi connectivity index (χ1n) is 7.88. The lowest BCUT2D eigenvalue weighted by Gasteiger charge is -2.16. The summed E-state index contributed by atoms with van der Waals surface area (Å²) in [5.74, 6) is -0.609. The average molecular weight is 362 g/mol. The molecule has 9 heteroatoms. The summed E-state index contributed by atoms with van der Waals surface area (Å²) in [6.45, 7) is 1.07. The number of carbonyl (C=O) groups is 2. The Bertz CT molecular complexity index is 861. The van der Waals surface area contributed by atoms with Crippen molar-refractivity contribution >= 4 is 34.6 Å². The molecule has 0 spiro atoms. The maximum atomic E-state index is 12.8. The minimum atomic E-state index is -0.909. The quantitative estimate of drug-likeness (QED) is 0.602. The summed E-state index contributed by atoms with van der Waals surface area (Å²) in [5.41, 5.74) is 5.33. The predicted molar refractivity (Wildman–Crippen MR) is 93.4 cm³/mol. The van der Waals surface area contributed by atoms with Crippen LogP contribution in [0.5, 0.6) is 0 Å². The minimum Gasteiger partial charge on any atom is -0.376 e. The molecule has 1 aliphatic rings. The summed E-state index contributed by atoms with van der Waals surface area (Å²) in [5, 5.41) is 2.93. The smallest absolute Gasteiger partial charge is 0.318 e. The molecular weight excluding hydrogens is 344 g/mol. The van der Waals surface area contributed by atoms with Gasteiger partial charge in [-0.3, -0.25) is 19.5 Å². The van der Waals surface area contributed by atoms with Gasteiger partial charge in [0.05, 0.1) is 29.3 Å². The maximum Gasteiger partial charge on any atom is 0.318 e. The van der Waals surface area contributed by atoms with E-state index in [1.807, 2.05) is 5.32 Å². The third kappa shape index (κ3) is 4.18. The summed E-state index contributed by atoms with van der Waals surface area (Å²) < 4.78 is 7.16. The second-order valence-corrected chi connectivity index (χ2v) is 6.61. The van der Waals surface area contributed by atoms with Crippen LogP contribution in [0.15, 0.2) is 34.2 Å². The molecule has 0 radical (unpaired) electrons. The number of nitrogens with two attached hydrogens (primary N) is 1. The highest BCUT2D eigenvalue weighted by Gasteiger charge is 2.20. The van der Waals surface area contributed by atoms with Crippen molar-refractivity contribution in [3.8, 4) is 0 Å². The van der Waals surface area contributed by atoms with Crippen molar-refractivity contribution in [3.05, 3.63) is 34.6 Å². The predicted octanol–water partition coefficient (Wildman–Crippen LogP) is 0.862. The number of para-hydroxylation sites is 1. The average Bonchev–Trinajstić information content (AvgIpc) is 3.08. The Morgan fingerprint density at radius 2 is 2.20 bits per heavy atom. The number of amides is 3. The number of thioether (sulfide) groups is 1. The zero-order valence-electron chi connectivity index (χ0n) is 13.4. The van der Waals surface area contributed by atoms with Crippen molar-refractivity contribution in [2.45, 2.75) is 30.6 Å². The lowest BCUT2D eigenvalue weighted by molar-refractivity contribution is -0.117. The number of primary amides is 1. The molecule has 1 fully saturated rings. The van der Waals surface area contributed by atoms with Gasteiger partial charge < -0.3 is 10.5 Å². The molecule has 1 saturated heterocycles. The molecule has 25 heavy (non-hydrogen) atoms. The summed E-state index contributed by atoms with van der Waals surface area (Å²) >= 11 is 1.09. The number of carbonyl (C=O) groups excluding carboxylic acids is 2. The highest BCUT2D eigenvalue weighted by atomic mass is 32.2. The Kier molecular flexibility index (Phi) is 5.34. The number of hydrogen-bond donors (Lipinski definition) is 2. The van der Waals surface area contributed by atoms with Crippen LogP contribution in [0.2, 0.25) is 0 Å². The van der Waals surface area contributed by atoms with Crippen LogP contribution >= 0.6 is 11.8 Å². The van der Waals surface area contributed by atoms with Crippen molar-refractivity contribution in [1.82, 2.24) is 14.9 Å². The molecule has 1 atom stereocenters. The number of nitrogens with one attached hydrogen (secondary N) is 1. The number of hydrogen-bond acceptors (Lipinski definition) is 6. The Labute approximate surface area is 147 Å². The maximum absolute atomic E-state index is 12.8. The first kappa shape index (κ1) is 17.4. The summed E-state index contributed by atoms with van der Waals surface area (Å²) in [4.78, 5) is 39.7. The van der Waals surface area contributed by atoms with Crippen molar-refractivity contribution in [2.24, 2.45) is 5.73 Å². The molecule has 0 aliphatic carbocycles. The van der Waals surface area contributed by atoms with E-state index in [0.717, 1.165) is 24.6 Å². The molecule has 2 heterocycles. The van der Waals surface area contributed by atoms with Crippen LogP contribution in [0.3, 0.4) is 0 Å². The van der Waals surface area contributed by atoms with Crippen LogP contribution in [0.25, 0.3) is 10.9 Å². The van der Waals surface area contributed by atoms with Crippen LogP contribution in [0.4, 0.5) is 4.79 Å². The van der Waals surface area contributed by atoms with E-state index in [0.29, 0.717) is 29.2 Å². The first-order valence-corrected chi connectivity index (χ1v) is 8.86.